The molecule has 2 rings (SSSR count). The number of nitrogens with zero attached hydrogens (tertiary/aromatic N) is 3. The summed E-state index contributed by atoms with van der Waals surface area (Å²) in [4.78, 5) is 0. The standard InChI is InChI=1S/C8H13N3S/c1-6(2)11-8-3-4-12-5-7(8)9-10-11/h6H,3-5H2,1-2H3. The van der Waals surface area contributed by atoms with Gasteiger partial charge in [-0.2, -0.15) is 11.8 Å². The Morgan fingerprint density at radius 3 is 3.08 bits per heavy atom. The Morgan fingerprint density at radius 2 is 2.33 bits per heavy atom. The van der Waals surface area contributed by atoms with Crippen molar-refractivity contribution in [1.82, 2.24) is 15.0 Å². The zero-order valence-corrected chi connectivity index (χ0v) is 8.27. The van der Waals surface area contributed by atoms with Gasteiger partial charge in [-0.1, -0.05) is 5.21 Å². The van der Waals surface area contributed by atoms with E-state index in [4.69, 9.17) is 0 Å². The van der Waals surface area contributed by atoms with Crippen molar-refractivity contribution in [2.45, 2.75) is 32.1 Å². The van der Waals surface area contributed by atoms with Gasteiger partial charge in [0.1, 0.15) is 0 Å². The summed E-state index contributed by atoms with van der Waals surface area (Å²) in [5.74, 6) is 2.26. The van der Waals surface area contributed by atoms with E-state index in [1.165, 1.54) is 17.1 Å². The minimum Gasteiger partial charge on any atom is -0.247 e. The normalized spacial score (nSPS) is 16.6. The van der Waals surface area contributed by atoms with Crippen LogP contribution in [0.5, 0.6) is 0 Å². The molecule has 0 radical (unpaired) electrons. The topological polar surface area (TPSA) is 30.7 Å². The molecule has 0 atom stereocenters. The molecule has 0 fully saturated rings. The first kappa shape index (κ1) is 8.10. The second-order valence-electron chi connectivity index (χ2n) is 3.32. The van der Waals surface area contributed by atoms with Crippen molar-refractivity contribution in [3.8, 4) is 0 Å². The number of fused-ring (bicyclic) bond motifs is 1. The van der Waals surface area contributed by atoms with Crippen LogP contribution in [0.15, 0.2) is 0 Å². The Kier molecular flexibility index (Phi) is 2.09. The molecular weight excluding hydrogens is 170 g/mol. The summed E-state index contributed by atoms with van der Waals surface area (Å²) in [5, 5.41) is 8.32. The fourth-order valence-corrected chi connectivity index (χ4v) is 2.37. The minimum absolute atomic E-state index is 0.448. The molecule has 0 N–H and O–H groups in total. The number of hydrogen-bond donors (Lipinski definition) is 0. The van der Waals surface area contributed by atoms with E-state index in [2.05, 4.69) is 28.8 Å². The predicted octanol–water partition coefficient (Wildman–Crippen LogP) is 1.65. The summed E-state index contributed by atoms with van der Waals surface area (Å²) in [6.45, 7) is 4.30. The first-order chi connectivity index (χ1) is 5.79. The van der Waals surface area contributed by atoms with E-state index in [1.807, 2.05) is 11.8 Å². The maximum absolute atomic E-state index is 4.17. The number of hydrogen-bond acceptors (Lipinski definition) is 3. The molecule has 4 heteroatoms. The summed E-state index contributed by atoms with van der Waals surface area (Å²) >= 11 is 1.95. The molecule has 0 amide bonds. The highest BCUT2D eigenvalue weighted by Gasteiger charge is 2.17. The quantitative estimate of drug-likeness (QED) is 0.663. The molecule has 0 bridgehead atoms. The lowest BCUT2D eigenvalue weighted by Crippen LogP contribution is -2.11. The van der Waals surface area contributed by atoms with Crippen molar-refractivity contribution in [1.29, 1.82) is 0 Å². The SMILES string of the molecule is CC(C)n1nnc2c1CCSC2. The highest BCUT2D eigenvalue weighted by molar-refractivity contribution is 7.98. The van der Waals surface area contributed by atoms with Gasteiger partial charge in [-0.3, -0.25) is 0 Å². The lowest BCUT2D eigenvalue weighted by atomic mass is 10.2. The third-order valence-electron chi connectivity index (χ3n) is 2.08. The summed E-state index contributed by atoms with van der Waals surface area (Å²) in [7, 11) is 0. The summed E-state index contributed by atoms with van der Waals surface area (Å²) < 4.78 is 2.05. The third kappa shape index (κ3) is 1.24. The zero-order valence-electron chi connectivity index (χ0n) is 7.45. The Balaban J connectivity index is 2.38. The van der Waals surface area contributed by atoms with Gasteiger partial charge in [0.15, 0.2) is 0 Å². The van der Waals surface area contributed by atoms with E-state index in [1.54, 1.807) is 0 Å². The first-order valence-corrected chi connectivity index (χ1v) is 5.45. The van der Waals surface area contributed by atoms with Crippen LogP contribution in [0.4, 0.5) is 0 Å². The second kappa shape index (κ2) is 3.09. The van der Waals surface area contributed by atoms with Crippen LogP contribution in [0, 0.1) is 0 Å². The molecule has 1 aromatic rings. The predicted molar refractivity (Wildman–Crippen MR) is 50.3 cm³/mol. The Morgan fingerprint density at radius 1 is 1.50 bits per heavy atom. The van der Waals surface area contributed by atoms with E-state index in [-0.39, 0.29) is 0 Å². The average Bonchev–Trinajstić information content (AvgIpc) is 2.47. The molecule has 0 spiro atoms. The van der Waals surface area contributed by atoms with Crippen molar-refractivity contribution in [2.75, 3.05) is 5.75 Å². The van der Waals surface area contributed by atoms with Crippen molar-refractivity contribution >= 4 is 11.8 Å². The minimum atomic E-state index is 0.448. The highest BCUT2D eigenvalue weighted by Crippen LogP contribution is 2.23. The van der Waals surface area contributed by atoms with E-state index in [0.717, 1.165) is 12.2 Å². The summed E-state index contributed by atoms with van der Waals surface area (Å²) in [6.07, 6.45) is 1.13. The number of aromatic nitrogens is 3. The molecule has 0 saturated heterocycles. The fraction of sp³-hybridized carbons (Fsp3) is 0.750. The smallest absolute Gasteiger partial charge is 0.0958 e. The van der Waals surface area contributed by atoms with E-state index in [9.17, 15) is 0 Å². The maximum Gasteiger partial charge on any atom is 0.0958 e. The van der Waals surface area contributed by atoms with Gasteiger partial charge in [0, 0.05) is 18.2 Å². The Bertz CT molecular complexity index is 280. The average molecular weight is 183 g/mol. The van der Waals surface area contributed by atoms with Crippen LogP contribution >= 0.6 is 11.8 Å². The number of thioether (sulfide) groups is 1. The summed E-state index contributed by atoms with van der Waals surface area (Å²) in [6, 6.07) is 0.448. The zero-order chi connectivity index (χ0) is 8.55. The third-order valence-corrected chi connectivity index (χ3v) is 3.05. The van der Waals surface area contributed by atoms with Crippen LogP contribution in [0.25, 0.3) is 0 Å². The monoisotopic (exact) mass is 183 g/mol. The molecule has 12 heavy (non-hydrogen) atoms. The van der Waals surface area contributed by atoms with Gasteiger partial charge >= 0.3 is 0 Å². The van der Waals surface area contributed by atoms with Crippen LogP contribution in [0.2, 0.25) is 0 Å². The van der Waals surface area contributed by atoms with Crippen molar-refractivity contribution in [3.05, 3.63) is 11.4 Å². The van der Waals surface area contributed by atoms with Crippen LogP contribution in [0.3, 0.4) is 0 Å². The Labute approximate surface area is 76.5 Å². The molecular formula is C8H13N3S. The maximum atomic E-state index is 4.17. The van der Waals surface area contributed by atoms with E-state index in [0.29, 0.717) is 6.04 Å². The fourth-order valence-electron chi connectivity index (χ4n) is 1.47. The van der Waals surface area contributed by atoms with Gasteiger partial charge in [-0.15, -0.1) is 5.10 Å². The van der Waals surface area contributed by atoms with Crippen LogP contribution in [-0.4, -0.2) is 20.7 Å². The molecule has 0 aliphatic carbocycles. The lowest BCUT2D eigenvalue weighted by molar-refractivity contribution is 0.496. The highest BCUT2D eigenvalue weighted by atomic mass is 32.2. The molecule has 3 nitrogen and oxygen atoms in total. The van der Waals surface area contributed by atoms with Crippen LogP contribution < -0.4 is 0 Å². The van der Waals surface area contributed by atoms with Crippen molar-refractivity contribution in [3.63, 3.8) is 0 Å². The molecule has 0 saturated carbocycles. The van der Waals surface area contributed by atoms with Gasteiger partial charge in [0.2, 0.25) is 0 Å². The van der Waals surface area contributed by atoms with E-state index < -0.39 is 0 Å². The van der Waals surface area contributed by atoms with Gasteiger partial charge in [-0.25, -0.2) is 4.68 Å². The Hall–Kier alpha value is -0.510. The molecule has 0 unspecified atom stereocenters. The van der Waals surface area contributed by atoms with Crippen LogP contribution in [0.1, 0.15) is 31.3 Å². The number of rotatable bonds is 1. The van der Waals surface area contributed by atoms with Gasteiger partial charge in [0.05, 0.1) is 11.4 Å². The van der Waals surface area contributed by atoms with Crippen molar-refractivity contribution < 1.29 is 0 Å². The van der Waals surface area contributed by atoms with Gasteiger partial charge in [-0.05, 0) is 19.6 Å². The van der Waals surface area contributed by atoms with Gasteiger partial charge < -0.3 is 0 Å². The molecule has 1 aromatic heterocycles. The summed E-state index contributed by atoms with van der Waals surface area (Å²) in [5.41, 5.74) is 2.55. The lowest BCUT2D eigenvalue weighted by Gasteiger charge is -2.13. The van der Waals surface area contributed by atoms with Crippen molar-refractivity contribution in [2.24, 2.45) is 0 Å². The second-order valence-corrected chi connectivity index (χ2v) is 4.43. The molecule has 0 aromatic carbocycles. The first-order valence-electron chi connectivity index (χ1n) is 4.29. The molecule has 2 heterocycles. The molecule has 1 aliphatic heterocycles. The van der Waals surface area contributed by atoms with Crippen LogP contribution in [-0.2, 0) is 12.2 Å². The van der Waals surface area contributed by atoms with Gasteiger partial charge in [0.25, 0.3) is 0 Å². The van der Waals surface area contributed by atoms with E-state index >= 15 is 0 Å². The molecule has 1 aliphatic rings. The largest absolute Gasteiger partial charge is 0.247 e. The molecule has 66 valence electrons.